The topological polar surface area (TPSA) is 59.4 Å². The molecule has 1 aliphatic heterocycles. The number of carbonyl (C=O) groups excluding carboxylic acids is 1. The number of nitrogens with one attached hydrogen (secondary N) is 1. The minimum Gasteiger partial charge on any atom is -0.383 e. The first-order valence-corrected chi connectivity index (χ1v) is 9.24. The van der Waals surface area contributed by atoms with E-state index in [9.17, 15) is 4.79 Å². The quantitative estimate of drug-likeness (QED) is 0.826. The number of hydrogen-bond donors (Lipinski definition) is 1. The highest BCUT2D eigenvalue weighted by atomic mass is 16.5. The van der Waals surface area contributed by atoms with Gasteiger partial charge in [-0.1, -0.05) is 12.1 Å². The normalized spacial score (nSPS) is 17.2. The van der Waals surface area contributed by atoms with E-state index in [0.717, 1.165) is 24.2 Å². The molecule has 0 bridgehead atoms. The molecule has 1 unspecified atom stereocenters. The van der Waals surface area contributed by atoms with Crippen molar-refractivity contribution in [1.82, 2.24) is 20.0 Å². The van der Waals surface area contributed by atoms with Gasteiger partial charge in [0.2, 0.25) is 0 Å². The summed E-state index contributed by atoms with van der Waals surface area (Å²) >= 11 is 0. The number of nitrogens with zero attached hydrogens (tertiary/aromatic N) is 3. The Hall–Kier alpha value is -2.18. The van der Waals surface area contributed by atoms with Crippen LogP contribution < -0.4 is 5.32 Å². The van der Waals surface area contributed by atoms with E-state index >= 15 is 0 Å². The standard InChI is InChI=1S/C20H28N4O2/c1-23-14-16(12-22-23)15-24(10-11-26-2)20(25)18-7-5-17(6-8-18)19-4-3-9-21-13-19/h5-8,12,14,19,21H,3-4,9-11,13,15H2,1-2H3. The summed E-state index contributed by atoms with van der Waals surface area (Å²) in [5.74, 6) is 0.576. The zero-order chi connectivity index (χ0) is 18.4. The molecule has 6 heteroatoms. The third-order valence-electron chi connectivity index (χ3n) is 4.91. The van der Waals surface area contributed by atoms with Crippen molar-refractivity contribution >= 4 is 5.91 Å². The Morgan fingerprint density at radius 3 is 2.81 bits per heavy atom. The molecule has 2 heterocycles. The van der Waals surface area contributed by atoms with E-state index in [1.54, 1.807) is 18.0 Å². The Labute approximate surface area is 155 Å². The molecule has 1 saturated heterocycles. The predicted octanol–water partition coefficient (Wildman–Crippen LogP) is 2.18. The third kappa shape index (κ3) is 4.71. The van der Waals surface area contributed by atoms with Gasteiger partial charge in [0, 0.05) is 51.1 Å². The minimum absolute atomic E-state index is 0.0271. The van der Waals surface area contributed by atoms with Crippen LogP contribution >= 0.6 is 0 Å². The van der Waals surface area contributed by atoms with Crippen LogP contribution in [-0.4, -0.2) is 53.9 Å². The van der Waals surface area contributed by atoms with Gasteiger partial charge in [0.1, 0.15) is 0 Å². The average molecular weight is 356 g/mol. The molecule has 140 valence electrons. The van der Waals surface area contributed by atoms with Gasteiger partial charge in [-0.25, -0.2) is 0 Å². The maximum absolute atomic E-state index is 13.0. The van der Waals surface area contributed by atoms with E-state index in [1.807, 2.05) is 30.3 Å². The Bertz CT molecular complexity index is 705. The monoisotopic (exact) mass is 356 g/mol. The molecule has 3 rings (SSSR count). The summed E-state index contributed by atoms with van der Waals surface area (Å²) in [6, 6.07) is 8.11. The number of aryl methyl sites for hydroxylation is 1. The van der Waals surface area contributed by atoms with Crippen LogP contribution in [0.2, 0.25) is 0 Å². The summed E-state index contributed by atoms with van der Waals surface area (Å²) in [6.07, 6.45) is 6.15. The Kier molecular flexibility index (Phi) is 6.41. The second-order valence-corrected chi connectivity index (χ2v) is 6.91. The van der Waals surface area contributed by atoms with Gasteiger partial charge in [-0.3, -0.25) is 9.48 Å². The second-order valence-electron chi connectivity index (χ2n) is 6.91. The molecular weight excluding hydrogens is 328 g/mol. The fraction of sp³-hybridized carbons (Fsp3) is 0.500. The highest BCUT2D eigenvalue weighted by Crippen LogP contribution is 2.23. The summed E-state index contributed by atoms with van der Waals surface area (Å²) in [5.41, 5.74) is 3.05. The van der Waals surface area contributed by atoms with Crippen LogP contribution in [0.25, 0.3) is 0 Å². The number of carbonyl (C=O) groups is 1. The van der Waals surface area contributed by atoms with Crippen molar-refractivity contribution < 1.29 is 9.53 Å². The van der Waals surface area contributed by atoms with Crippen LogP contribution in [0.1, 0.15) is 40.2 Å². The predicted molar refractivity (Wildman–Crippen MR) is 101 cm³/mol. The van der Waals surface area contributed by atoms with Crippen molar-refractivity contribution in [3.8, 4) is 0 Å². The smallest absolute Gasteiger partial charge is 0.254 e. The molecular formula is C20H28N4O2. The van der Waals surface area contributed by atoms with Crippen LogP contribution in [0.5, 0.6) is 0 Å². The second kappa shape index (κ2) is 8.96. The molecule has 0 radical (unpaired) electrons. The zero-order valence-electron chi connectivity index (χ0n) is 15.6. The van der Waals surface area contributed by atoms with Gasteiger partial charge in [-0.15, -0.1) is 0 Å². The summed E-state index contributed by atoms with van der Waals surface area (Å²) in [5, 5.41) is 7.63. The highest BCUT2D eigenvalue weighted by molar-refractivity contribution is 5.94. The van der Waals surface area contributed by atoms with Gasteiger partial charge in [-0.05, 0) is 43.0 Å². The Morgan fingerprint density at radius 2 is 2.19 bits per heavy atom. The molecule has 0 spiro atoms. The fourth-order valence-corrected chi connectivity index (χ4v) is 3.44. The van der Waals surface area contributed by atoms with Gasteiger partial charge in [0.05, 0.1) is 12.8 Å². The number of methoxy groups -OCH3 is 1. The van der Waals surface area contributed by atoms with E-state index in [2.05, 4.69) is 22.5 Å². The fourth-order valence-electron chi connectivity index (χ4n) is 3.44. The first-order valence-electron chi connectivity index (χ1n) is 9.24. The van der Waals surface area contributed by atoms with E-state index < -0.39 is 0 Å². The van der Waals surface area contributed by atoms with Gasteiger partial charge in [0.25, 0.3) is 5.91 Å². The van der Waals surface area contributed by atoms with Crippen LogP contribution in [0, 0.1) is 0 Å². The van der Waals surface area contributed by atoms with Crippen LogP contribution in [0.15, 0.2) is 36.7 Å². The Balaban J connectivity index is 1.70. The lowest BCUT2D eigenvalue weighted by atomic mass is 9.91. The van der Waals surface area contributed by atoms with Gasteiger partial charge in [-0.2, -0.15) is 5.10 Å². The van der Waals surface area contributed by atoms with Crippen molar-refractivity contribution in [3.05, 3.63) is 53.3 Å². The maximum atomic E-state index is 13.0. The van der Waals surface area contributed by atoms with Crippen molar-refractivity contribution in [2.75, 3.05) is 33.4 Å². The highest BCUT2D eigenvalue weighted by Gasteiger charge is 2.19. The average Bonchev–Trinajstić information content (AvgIpc) is 3.10. The van der Waals surface area contributed by atoms with E-state index in [0.29, 0.717) is 25.6 Å². The lowest BCUT2D eigenvalue weighted by Crippen LogP contribution is -2.33. The van der Waals surface area contributed by atoms with E-state index in [1.165, 1.54) is 18.4 Å². The molecule has 0 saturated carbocycles. The lowest BCUT2D eigenvalue weighted by Gasteiger charge is -2.24. The van der Waals surface area contributed by atoms with Crippen molar-refractivity contribution in [1.29, 1.82) is 0 Å². The molecule has 1 aliphatic rings. The van der Waals surface area contributed by atoms with Gasteiger partial charge >= 0.3 is 0 Å². The molecule has 0 aliphatic carbocycles. The molecule has 1 atom stereocenters. The van der Waals surface area contributed by atoms with Crippen molar-refractivity contribution in [2.24, 2.45) is 7.05 Å². The van der Waals surface area contributed by atoms with E-state index in [4.69, 9.17) is 4.74 Å². The van der Waals surface area contributed by atoms with Crippen molar-refractivity contribution in [3.63, 3.8) is 0 Å². The maximum Gasteiger partial charge on any atom is 0.254 e. The first kappa shape index (κ1) is 18.6. The van der Waals surface area contributed by atoms with Crippen LogP contribution in [0.3, 0.4) is 0 Å². The molecule has 1 amide bonds. The number of hydrogen-bond acceptors (Lipinski definition) is 4. The molecule has 26 heavy (non-hydrogen) atoms. The first-order chi connectivity index (χ1) is 12.7. The van der Waals surface area contributed by atoms with Gasteiger partial charge in [0.15, 0.2) is 0 Å². The molecule has 6 nitrogen and oxygen atoms in total. The molecule has 1 fully saturated rings. The van der Waals surface area contributed by atoms with Crippen molar-refractivity contribution in [2.45, 2.75) is 25.3 Å². The zero-order valence-corrected chi connectivity index (χ0v) is 15.6. The Morgan fingerprint density at radius 1 is 1.38 bits per heavy atom. The van der Waals surface area contributed by atoms with Gasteiger partial charge < -0.3 is 15.0 Å². The molecule has 2 aromatic rings. The number of aromatic nitrogens is 2. The molecule has 1 N–H and O–H groups in total. The summed E-state index contributed by atoms with van der Waals surface area (Å²) in [6.45, 7) is 3.73. The van der Waals surface area contributed by atoms with Crippen LogP contribution in [-0.2, 0) is 18.3 Å². The van der Waals surface area contributed by atoms with Crippen LogP contribution in [0.4, 0.5) is 0 Å². The SMILES string of the molecule is COCCN(Cc1cnn(C)c1)C(=O)c1ccc(C2CCCNC2)cc1. The number of rotatable bonds is 7. The summed E-state index contributed by atoms with van der Waals surface area (Å²) < 4.78 is 6.93. The molecule has 1 aromatic carbocycles. The lowest BCUT2D eigenvalue weighted by molar-refractivity contribution is 0.0680. The number of benzene rings is 1. The number of piperidine rings is 1. The largest absolute Gasteiger partial charge is 0.383 e. The minimum atomic E-state index is 0.0271. The number of amides is 1. The third-order valence-corrected chi connectivity index (χ3v) is 4.91. The molecule has 1 aromatic heterocycles. The van der Waals surface area contributed by atoms with E-state index in [-0.39, 0.29) is 5.91 Å². The number of ether oxygens (including phenoxy) is 1. The summed E-state index contributed by atoms with van der Waals surface area (Å²) in [7, 11) is 3.53. The summed E-state index contributed by atoms with van der Waals surface area (Å²) in [4.78, 5) is 14.8.